The van der Waals surface area contributed by atoms with Crippen LogP contribution in [-0.4, -0.2) is 35.6 Å². The highest BCUT2D eigenvalue weighted by molar-refractivity contribution is 5.79. The van der Waals surface area contributed by atoms with Gasteiger partial charge in [0, 0.05) is 26.1 Å². The van der Waals surface area contributed by atoms with Crippen molar-refractivity contribution < 1.29 is 9.90 Å². The zero-order valence-corrected chi connectivity index (χ0v) is 10.5. The van der Waals surface area contributed by atoms with E-state index in [4.69, 9.17) is 5.11 Å². The highest BCUT2D eigenvalue weighted by atomic mass is 16.3. The van der Waals surface area contributed by atoms with Gasteiger partial charge in [0.15, 0.2) is 0 Å². The van der Waals surface area contributed by atoms with E-state index in [9.17, 15) is 4.79 Å². The molecular formula is C14H23NO2. The topological polar surface area (TPSA) is 40.5 Å². The molecule has 0 saturated carbocycles. The monoisotopic (exact) mass is 237 g/mol. The first-order chi connectivity index (χ1) is 8.29. The molecule has 0 bridgehead atoms. The molecule has 2 rings (SSSR count). The van der Waals surface area contributed by atoms with Crippen molar-refractivity contribution in [1.29, 1.82) is 0 Å². The SMILES string of the molecule is O=C(CC1=CCCCC1)N1CCC(CCO)C1. The largest absolute Gasteiger partial charge is 0.396 e. The van der Waals surface area contributed by atoms with E-state index < -0.39 is 0 Å². The van der Waals surface area contributed by atoms with E-state index in [0.29, 0.717) is 18.2 Å². The second kappa shape index (κ2) is 6.20. The number of amides is 1. The summed E-state index contributed by atoms with van der Waals surface area (Å²) in [5, 5.41) is 8.90. The van der Waals surface area contributed by atoms with E-state index in [-0.39, 0.29) is 6.61 Å². The predicted octanol–water partition coefficient (Wildman–Crippen LogP) is 2.11. The van der Waals surface area contributed by atoms with Crippen LogP contribution in [0.25, 0.3) is 0 Å². The van der Waals surface area contributed by atoms with Crippen molar-refractivity contribution in [3.05, 3.63) is 11.6 Å². The van der Waals surface area contributed by atoms with Crippen molar-refractivity contribution in [2.45, 2.75) is 44.9 Å². The average Bonchev–Trinajstić information content (AvgIpc) is 2.79. The van der Waals surface area contributed by atoms with E-state index in [1.54, 1.807) is 0 Å². The van der Waals surface area contributed by atoms with Crippen molar-refractivity contribution >= 4 is 5.91 Å². The van der Waals surface area contributed by atoms with Gasteiger partial charge in [-0.3, -0.25) is 4.79 Å². The van der Waals surface area contributed by atoms with Gasteiger partial charge >= 0.3 is 0 Å². The summed E-state index contributed by atoms with van der Waals surface area (Å²) in [6, 6.07) is 0. The molecule has 1 aliphatic carbocycles. The second-order valence-corrected chi connectivity index (χ2v) is 5.29. The number of likely N-dealkylation sites (tertiary alicyclic amines) is 1. The van der Waals surface area contributed by atoms with E-state index in [1.165, 1.54) is 18.4 Å². The number of aliphatic hydroxyl groups is 1. The normalized spacial score (nSPS) is 24.9. The lowest BCUT2D eigenvalue weighted by Gasteiger charge is -2.19. The molecule has 3 nitrogen and oxygen atoms in total. The molecule has 1 atom stereocenters. The van der Waals surface area contributed by atoms with Gasteiger partial charge in [0.05, 0.1) is 0 Å². The number of carbonyl (C=O) groups excluding carboxylic acids is 1. The third-order valence-corrected chi connectivity index (χ3v) is 3.94. The van der Waals surface area contributed by atoms with Crippen LogP contribution in [0.3, 0.4) is 0 Å². The van der Waals surface area contributed by atoms with Crippen LogP contribution in [0.4, 0.5) is 0 Å². The summed E-state index contributed by atoms with van der Waals surface area (Å²) in [5.41, 5.74) is 1.34. The maximum absolute atomic E-state index is 12.1. The molecule has 1 unspecified atom stereocenters. The Bertz CT molecular complexity index is 299. The number of rotatable bonds is 4. The first-order valence-electron chi connectivity index (χ1n) is 6.86. The highest BCUT2D eigenvalue weighted by Gasteiger charge is 2.26. The third-order valence-electron chi connectivity index (χ3n) is 3.94. The average molecular weight is 237 g/mol. The summed E-state index contributed by atoms with van der Waals surface area (Å²) < 4.78 is 0. The Kier molecular flexibility index (Phi) is 4.60. The number of nitrogens with zero attached hydrogens (tertiary/aromatic N) is 1. The zero-order chi connectivity index (χ0) is 12.1. The molecule has 0 radical (unpaired) electrons. The van der Waals surface area contributed by atoms with Gasteiger partial charge in [-0.15, -0.1) is 0 Å². The lowest BCUT2D eigenvalue weighted by Crippen LogP contribution is -2.29. The summed E-state index contributed by atoms with van der Waals surface area (Å²) in [5.74, 6) is 0.808. The molecule has 17 heavy (non-hydrogen) atoms. The zero-order valence-electron chi connectivity index (χ0n) is 10.5. The summed E-state index contributed by atoms with van der Waals surface area (Å²) >= 11 is 0. The fourth-order valence-corrected chi connectivity index (χ4v) is 2.85. The van der Waals surface area contributed by atoms with Crippen LogP contribution in [0.5, 0.6) is 0 Å². The minimum atomic E-state index is 0.248. The second-order valence-electron chi connectivity index (χ2n) is 5.29. The highest BCUT2D eigenvalue weighted by Crippen LogP contribution is 2.24. The molecule has 1 N–H and O–H groups in total. The molecule has 1 saturated heterocycles. The third kappa shape index (κ3) is 3.56. The molecule has 0 aromatic heterocycles. The van der Waals surface area contributed by atoms with Crippen LogP contribution in [0.1, 0.15) is 44.9 Å². The van der Waals surface area contributed by atoms with E-state index >= 15 is 0 Å². The van der Waals surface area contributed by atoms with Gasteiger partial charge in [-0.2, -0.15) is 0 Å². The van der Waals surface area contributed by atoms with Crippen molar-refractivity contribution in [3.63, 3.8) is 0 Å². The molecule has 0 spiro atoms. The number of allylic oxidation sites excluding steroid dienone is 1. The van der Waals surface area contributed by atoms with Crippen molar-refractivity contribution in [2.24, 2.45) is 5.92 Å². The molecule has 1 heterocycles. The molecule has 96 valence electrons. The van der Waals surface area contributed by atoms with Crippen molar-refractivity contribution in [1.82, 2.24) is 4.90 Å². The first-order valence-corrected chi connectivity index (χ1v) is 6.86. The minimum Gasteiger partial charge on any atom is -0.396 e. The van der Waals surface area contributed by atoms with Crippen LogP contribution < -0.4 is 0 Å². The van der Waals surface area contributed by atoms with Crippen LogP contribution in [0.15, 0.2) is 11.6 Å². The number of carbonyl (C=O) groups is 1. The summed E-state index contributed by atoms with van der Waals surface area (Å²) in [6.07, 6.45) is 9.56. The summed E-state index contributed by atoms with van der Waals surface area (Å²) in [7, 11) is 0. The lowest BCUT2D eigenvalue weighted by molar-refractivity contribution is -0.129. The maximum atomic E-state index is 12.1. The number of hydrogen-bond donors (Lipinski definition) is 1. The quantitative estimate of drug-likeness (QED) is 0.761. The Labute approximate surface area is 103 Å². The Morgan fingerprint density at radius 2 is 2.35 bits per heavy atom. The Morgan fingerprint density at radius 1 is 1.47 bits per heavy atom. The van der Waals surface area contributed by atoms with Crippen LogP contribution in [0, 0.1) is 5.92 Å². The van der Waals surface area contributed by atoms with Gasteiger partial charge in [0.25, 0.3) is 0 Å². The number of hydrogen-bond acceptors (Lipinski definition) is 2. The lowest BCUT2D eigenvalue weighted by atomic mass is 9.97. The van der Waals surface area contributed by atoms with Crippen molar-refractivity contribution in [2.75, 3.05) is 19.7 Å². The molecule has 1 aliphatic heterocycles. The molecular weight excluding hydrogens is 214 g/mol. The molecule has 0 aromatic rings. The van der Waals surface area contributed by atoms with E-state index in [1.807, 2.05) is 4.90 Å². The standard InChI is InChI=1S/C14H23NO2/c16-9-7-13-6-8-15(11-13)14(17)10-12-4-2-1-3-5-12/h4,13,16H,1-3,5-11H2. The Hall–Kier alpha value is -0.830. The van der Waals surface area contributed by atoms with Crippen LogP contribution >= 0.6 is 0 Å². The molecule has 1 fully saturated rings. The molecule has 2 aliphatic rings. The van der Waals surface area contributed by atoms with E-state index in [2.05, 4.69) is 6.08 Å². The molecule has 0 aromatic carbocycles. The fraction of sp³-hybridized carbons (Fsp3) is 0.786. The minimum absolute atomic E-state index is 0.248. The molecule has 3 heteroatoms. The van der Waals surface area contributed by atoms with Gasteiger partial charge in [-0.1, -0.05) is 11.6 Å². The Balaban J connectivity index is 1.78. The van der Waals surface area contributed by atoms with Gasteiger partial charge in [-0.05, 0) is 44.4 Å². The van der Waals surface area contributed by atoms with E-state index in [0.717, 1.165) is 38.8 Å². The summed E-state index contributed by atoms with van der Waals surface area (Å²) in [6.45, 7) is 1.99. The molecule has 1 amide bonds. The smallest absolute Gasteiger partial charge is 0.226 e. The van der Waals surface area contributed by atoms with Gasteiger partial charge in [0.1, 0.15) is 0 Å². The maximum Gasteiger partial charge on any atom is 0.226 e. The number of aliphatic hydroxyl groups excluding tert-OH is 1. The van der Waals surface area contributed by atoms with Gasteiger partial charge in [-0.25, -0.2) is 0 Å². The first kappa shape index (κ1) is 12.6. The van der Waals surface area contributed by atoms with Gasteiger partial charge in [0.2, 0.25) is 5.91 Å². The predicted molar refractivity (Wildman–Crippen MR) is 67.6 cm³/mol. The summed E-state index contributed by atoms with van der Waals surface area (Å²) in [4.78, 5) is 14.1. The van der Waals surface area contributed by atoms with Crippen LogP contribution in [-0.2, 0) is 4.79 Å². The Morgan fingerprint density at radius 3 is 3.06 bits per heavy atom. The van der Waals surface area contributed by atoms with Crippen LogP contribution in [0.2, 0.25) is 0 Å². The van der Waals surface area contributed by atoms with Crippen molar-refractivity contribution in [3.8, 4) is 0 Å². The fourth-order valence-electron chi connectivity index (χ4n) is 2.85. The van der Waals surface area contributed by atoms with Gasteiger partial charge < -0.3 is 10.0 Å².